The summed E-state index contributed by atoms with van der Waals surface area (Å²) in [6.07, 6.45) is 6.05. The first-order valence-electron chi connectivity index (χ1n) is 7.76. The summed E-state index contributed by atoms with van der Waals surface area (Å²) >= 11 is 0. The molecule has 23 heavy (non-hydrogen) atoms. The standard InChI is InChI=1S/C19H24O4/c1-5-19(4)13-12-16(18(2,3)23-19)22-17(21)11-8-14-6-9-15(20)10-7-14/h5-11,16,20H,1,12-13H2,2-4H3/b11-8-. The Morgan fingerprint density at radius 1 is 1.35 bits per heavy atom. The lowest BCUT2D eigenvalue weighted by atomic mass is 9.85. The van der Waals surface area contributed by atoms with Crippen molar-refractivity contribution in [3.63, 3.8) is 0 Å². The monoisotopic (exact) mass is 316 g/mol. The van der Waals surface area contributed by atoms with Gasteiger partial charge in [-0.1, -0.05) is 18.2 Å². The molecule has 1 saturated heterocycles. The van der Waals surface area contributed by atoms with Crippen molar-refractivity contribution in [2.45, 2.75) is 50.9 Å². The third-order valence-electron chi connectivity index (χ3n) is 4.17. The Labute approximate surface area is 137 Å². The summed E-state index contributed by atoms with van der Waals surface area (Å²) < 4.78 is 11.6. The Morgan fingerprint density at radius 2 is 2.00 bits per heavy atom. The van der Waals surface area contributed by atoms with Crippen molar-refractivity contribution in [3.05, 3.63) is 48.6 Å². The molecule has 0 bridgehead atoms. The van der Waals surface area contributed by atoms with Crippen LogP contribution in [0.4, 0.5) is 0 Å². The highest BCUT2D eigenvalue weighted by molar-refractivity contribution is 5.87. The van der Waals surface area contributed by atoms with Crippen LogP contribution in [0.15, 0.2) is 43.0 Å². The van der Waals surface area contributed by atoms with Gasteiger partial charge in [-0.2, -0.15) is 0 Å². The van der Waals surface area contributed by atoms with Crippen molar-refractivity contribution in [2.75, 3.05) is 0 Å². The number of ether oxygens (including phenoxy) is 2. The van der Waals surface area contributed by atoms with E-state index in [4.69, 9.17) is 9.47 Å². The predicted octanol–water partition coefficient (Wildman–Crippen LogP) is 3.85. The second kappa shape index (κ2) is 6.59. The van der Waals surface area contributed by atoms with Crippen LogP contribution < -0.4 is 0 Å². The zero-order chi connectivity index (χ0) is 17.1. The number of phenolic OH excluding ortho intramolecular Hbond substituents is 1. The van der Waals surface area contributed by atoms with Crippen LogP contribution in [0.2, 0.25) is 0 Å². The van der Waals surface area contributed by atoms with Crippen LogP contribution in [0.3, 0.4) is 0 Å². The quantitative estimate of drug-likeness (QED) is 0.521. The van der Waals surface area contributed by atoms with Gasteiger partial charge >= 0.3 is 5.97 Å². The predicted molar refractivity (Wildman–Crippen MR) is 90.0 cm³/mol. The zero-order valence-corrected chi connectivity index (χ0v) is 13.9. The number of benzene rings is 1. The molecule has 1 aromatic carbocycles. The molecule has 4 heteroatoms. The van der Waals surface area contributed by atoms with E-state index in [-0.39, 0.29) is 17.5 Å². The molecule has 1 aliphatic heterocycles. The van der Waals surface area contributed by atoms with Crippen molar-refractivity contribution in [3.8, 4) is 5.75 Å². The molecule has 2 atom stereocenters. The van der Waals surface area contributed by atoms with Crippen LogP contribution in [0, 0.1) is 0 Å². The van der Waals surface area contributed by atoms with Gasteiger partial charge in [0, 0.05) is 6.08 Å². The molecule has 124 valence electrons. The average Bonchev–Trinajstić information content (AvgIpc) is 2.49. The number of phenols is 1. The Balaban J connectivity index is 1.97. The molecule has 2 unspecified atom stereocenters. The fourth-order valence-electron chi connectivity index (χ4n) is 2.76. The van der Waals surface area contributed by atoms with Gasteiger partial charge in [0.25, 0.3) is 0 Å². The zero-order valence-electron chi connectivity index (χ0n) is 13.9. The van der Waals surface area contributed by atoms with E-state index in [1.165, 1.54) is 6.08 Å². The number of hydrogen-bond acceptors (Lipinski definition) is 4. The van der Waals surface area contributed by atoms with E-state index in [9.17, 15) is 9.90 Å². The molecule has 4 nitrogen and oxygen atoms in total. The summed E-state index contributed by atoms with van der Waals surface area (Å²) in [7, 11) is 0. The molecule has 0 saturated carbocycles. The van der Waals surface area contributed by atoms with Crippen LogP contribution in [-0.2, 0) is 14.3 Å². The summed E-state index contributed by atoms with van der Waals surface area (Å²) in [5.74, 6) is -0.210. The molecule has 0 radical (unpaired) electrons. The van der Waals surface area contributed by atoms with E-state index in [1.54, 1.807) is 36.4 Å². The largest absolute Gasteiger partial charge is 0.508 e. The Bertz CT molecular complexity index is 600. The third-order valence-corrected chi connectivity index (χ3v) is 4.17. The molecule has 0 aromatic heterocycles. The number of aromatic hydroxyl groups is 1. The van der Waals surface area contributed by atoms with Crippen molar-refractivity contribution < 1.29 is 19.4 Å². The van der Waals surface area contributed by atoms with Crippen molar-refractivity contribution in [1.29, 1.82) is 0 Å². The lowest BCUT2D eigenvalue weighted by molar-refractivity contribution is -0.210. The minimum Gasteiger partial charge on any atom is -0.508 e. The van der Waals surface area contributed by atoms with Crippen LogP contribution in [-0.4, -0.2) is 28.4 Å². The van der Waals surface area contributed by atoms with Crippen LogP contribution in [0.25, 0.3) is 6.08 Å². The molecule has 1 heterocycles. The van der Waals surface area contributed by atoms with Crippen LogP contribution in [0.1, 0.15) is 39.2 Å². The molecule has 0 aliphatic carbocycles. The number of rotatable bonds is 4. The molecule has 1 fully saturated rings. The van der Waals surface area contributed by atoms with Gasteiger partial charge < -0.3 is 14.6 Å². The highest BCUT2D eigenvalue weighted by atomic mass is 16.6. The highest BCUT2D eigenvalue weighted by Gasteiger charge is 2.44. The first-order chi connectivity index (χ1) is 10.7. The SMILES string of the molecule is C=CC1(C)CCC(OC(=O)/C=C\c2ccc(O)cc2)C(C)(C)O1. The summed E-state index contributed by atoms with van der Waals surface area (Å²) in [5, 5.41) is 9.23. The third kappa shape index (κ3) is 4.45. The maximum Gasteiger partial charge on any atom is 0.331 e. The smallest absolute Gasteiger partial charge is 0.331 e. The lowest BCUT2D eigenvalue weighted by Gasteiger charge is -2.46. The summed E-state index contributed by atoms with van der Waals surface area (Å²) in [5.41, 5.74) is -0.129. The lowest BCUT2D eigenvalue weighted by Crippen LogP contribution is -2.52. The number of hydrogen-bond donors (Lipinski definition) is 1. The molecule has 0 spiro atoms. The van der Waals surface area contributed by atoms with E-state index in [0.717, 1.165) is 18.4 Å². The molecule has 2 rings (SSSR count). The minimum atomic E-state index is -0.566. The van der Waals surface area contributed by atoms with Crippen molar-refractivity contribution in [1.82, 2.24) is 0 Å². The van der Waals surface area contributed by atoms with Gasteiger partial charge in [0.15, 0.2) is 0 Å². The van der Waals surface area contributed by atoms with Gasteiger partial charge in [-0.3, -0.25) is 0 Å². The normalized spacial score (nSPS) is 26.8. The summed E-state index contributed by atoms with van der Waals surface area (Å²) in [6.45, 7) is 9.66. The second-order valence-corrected chi connectivity index (χ2v) is 6.61. The van der Waals surface area contributed by atoms with Crippen LogP contribution >= 0.6 is 0 Å². The Kier molecular flexibility index (Phi) is 4.95. The fraction of sp³-hybridized carbons (Fsp3) is 0.421. The number of esters is 1. The molecule has 0 amide bonds. The van der Waals surface area contributed by atoms with E-state index >= 15 is 0 Å². The fourth-order valence-corrected chi connectivity index (χ4v) is 2.76. The molecule has 1 aliphatic rings. The second-order valence-electron chi connectivity index (χ2n) is 6.61. The van der Waals surface area contributed by atoms with Gasteiger partial charge in [0.05, 0.1) is 5.60 Å². The Hall–Kier alpha value is -2.07. The average molecular weight is 316 g/mol. The number of carbonyl (C=O) groups excluding carboxylic acids is 1. The van der Waals surface area contributed by atoms with E-state index in [0.29, 0.717) is 0 Å². The van der Waals surface area contributed by atoms with Crippen LogP contribution in [0.5, 0.6) is 5.75 Å². The molecular formula is C19H24O4. The first-order valence-corrected chi connectivity index (χ1v) is 7.76. The van der Waals surface area contributed by atoms with Crippen molar-refractivity contribution in [2.24, 2.45) is 0 Å². The van der Waals surface area contributed by atoms with Gasteiger partial charge in [-0.15, -0.1) is 6.58 Å². The molecular weight excluding hydrogens is 292 g/mol. The number of carbonyl (C=O) groups is 1. The maximum absolute atomic E-state index is 12.0. The summed E-state index contributed by atoms with van der Waals surface area (Å²) in [6, 6.07) is 6.59. The van der Waals surface area contributed by atoms with E-state index in [1.807, 2.05) is 20.8 Å². The Morgan fingerprint density at radius 3 is 2.57 bits per heavy atom. The first kappa shape index (κ1) is 17.3. The van der Waals surface area contributed by atoms with E-state index in [2.05, 4.69) is 6.58 Å². The molecule has 1 aromatic rings. The highest BCUT2D eigenvalue weighted by Crippen LogP contribution is 2.37. The van der Waals surface area contributed by atoms with Gasteiger partial charge in [0.2, 0.25) is 0 Å². The van der Waals surface area contributed by atoms with Crippen molar-refractivity contribution >= 4 is 12.0 Å². The summed E-state index contributed by atoms with van der Waals surface area (Å²) in [4.78, 5) is 12.0. The van der Waals surface area contributed by atoms with Gasteiger partial charge in [-0.25, -0.2) is 4.79 Å². The maximum atomic E-state index is 12.0. The van der Waals surface area contributed by atoms with E-state index < -0.39 is 11.6 Å². The van der Waals surface area contributed by atoms with Gasteiger partial charge in [-0.05, 0) is 57.4 Å². The van der Waals surface area contributed by atoms with Gasteiger partial charge in [0.1, 0.15) is 17.5 Å². The minimum absolute atomic E-state index is 0.191. The topological polar surface area (TPSA) is 55.8 Å². The molecule has 1 N–H and O–H groups in total.